The Hall–Kier alpha value is -3.67. The van der Waals surface area contributed by atoms with E-state index < -0.39 is 17.9 Å². The zero-order valence-corrected chi connectivity index (χ0v) is 16.6. The number of carbonyl (C=O) groups excluding carboxylic acids is 2. The van der Waals surface area contributed by atoms with Crippen molar-refractivity contribution < 1.29 is 14.0 Å². The van der Waals surface area contributed by atoms with Gasteiger partial charge < -0.3 is 16.0 Å². The van der Waals surface area contributed by atoms with Crippen LogP contribution in [0.2, 0.25) is 0 Å². The van der Waals surface area contributed by atoms with Crippen LogP contribution in [0, 0.1) is 5.82 Å². The standard InChI is InChI=1S/C24H24FN3O2/c1-17(19-12-6-3-7-13-19)26-23(29)22(16-18-10-4-2-5-11-18)28-24(30)27-21-15-9-8-14-20(21)25/h2-15,17,22H,16H2,1H3,(H,26,29)(H2,27,28,30). The fourth-order valence-corrected chi connectivity index (χ4v) is 3.08. The van der Waals surface area contributed by atoms with Gasteiger partial charge in [-0.15, -0.1) is 0 Å². The fourth-order valence-electron chi connectivity index (χ4n) is 3.08. The number of carbonyl (C=O) groups is 2. The van der Waals surface area contributed by atoms with E-state index in [4.69, 9.17) is 0 Å². The number of amides is 3. The van der Waals surface area contributed by atoms with Crippen molar-refractivity contribution in [1.82, 2.24) is 10.6 Å². The van der Waals surface area contributed by atoms with Gasteiger partial charge in [0.05, 0.1) is 11.7 Å². The van der Waals surface area contributed by atoms with E-state index in [1.165, 1.54) is 18.2 Å². The van der Waals surface area contributed by atoms with Crippen molar-refractivity contribution in [2.45, 2.75) is 25.4 Å². The molecule has 0 saturated carbocycles. The molecular formula is C24H24FN3O2. The van der Waals surface area contributed by atoms with Gasteiger partial charge >= 0.3 is 6.03 Å². The molecule has 3 aromatic rings. The molecule has 2 atom stereocenters. The van der Waals surface area contributed by atoms with Crippen LogP contribution in [0.25, 0.3) is 0 Å². The van der Waals surface area contributed by atoms with Gasteiger partial charge in [0.2, 0.25) is 5.91 Å². The number of benzene rings is 3. The zero-order valence-electron chi connectivity index (χ0n) is 16.6. The smallest absolute Gasteiger partial charge is 0.319 e. The minimum absolute atomic E-state index is 0.0477. The number of urea groups is 1. The van der Waals surface area contributed by atoms with E-state index in [0.717, 1.165) is 11.1 Å². The summed E-state index contributed by atoms with van der Waals surface area (Å²) in [6, 6.07) is 23.1. The topological polar surface area (TPSA) is 70.2 Å². The monoisotopic (exact) mass is 405 g/mol. The van der Waals surface area contributed by atoms with Gasteiger partial charge in [-0.1, -0.05) is 72.8 Å². The summed E-state index contributed by atoms with van der Waals surface area (Å²) in [5, 5.41) is 8.07. The average molecular weight is 405 g/mol. The first kappa shape index (κ1) is 21.0. The fraction of sp³-hybridized carbons (Fsp3) is 0.167. The Morgan fingerprint density at radius 3 is 2.10 bits per heavy atom. The minimum atomic E-state index is -0.828. The van der Waals surface area contributed by atoms with Crippen molar-refractivity contribution >= 4 is 17.6 Å². The molecule has 5 nitrogen and oxygen atoms in total. The van der Waals surface area contributed by atoms with E-state index in [2.05, 4.69) is 16.0 Å². The van der Waals surface area contributed by atoms with E-state index in [1.807, 2.05) is 67.6 Å². The summed E-state index contributed by atoms with van der Waals surface area (Å²) in [6.45, 7) is 1.88. The minimum Gasteiger partial charge on any atom is -0.348 e. The van der Waals surface area contributed by atoms with Crippen LogP contribution < -0.4 is 16.0 Å². The lowest BCUT2D eigenvalue weighted by Gasteiger charge is -2.22. The van der Waals surface area contributed by atoms with Crippen molar-refractivity contribution in [3.63, 3.8) is 0 Å². The number of hydrogen-bond donors (Lipinski definition) is 3. The van der Waals surface area contributed by atoms with Crippen molar-refractivity contribution in [2.75, 3.05) is 5.32 Å². The number of halogens is 1. The van der Waals surface area contributed by atoms with E-state index >= 15 is 0 Å². The molecule has 0 aliphatic carbocycles. The molecule has 3 amide bonds. The highest BCUT2D eigenvalue weighted by Crippen LogP contribution is 2.14. The van der Waals surface area contributed by atoms with Crippen molar-refractivity contribution in [2.24, 2.45) is 0 Å². The van der Waals surface area contributed by atoms with Crippen LogP contribution in [-0.2, 0) is 11.2 Å². The van der Waals surface area contributed by atoms with Crippen LogP contribution in [-0.4, -0.2) is 18.0 Å². The molecular weight excluding hydrogens is 381 g/mol. The van der Waals surface area contributed by atoms with Crippen molar-refractivity contribution in [3.8, 4) is 0 Å². The highest BCUT2D eigenvalue weighted by Gasteiger charge is 2.23. The SMILES string of the molecule is CC(NC(=O)C(Cc1ccccc1)NC(=O)Nc1ccccc1F)c1ccccc1. The first-order valence-corrected chi connectivity index (χ1v) is 9.74. The second kappa shape index (κ2) is 10.2. The van der Waals surface area contributed by atoms with Gasteiger partial charge in [0, 0.05) is 6.42 Å². The third-order valence-corrected chi connectivity index (χ3v) is 4.68. The zero-order chi connectivity index (χ0) is 21.3. The van der Waals surface area contributed by atoms with E-state index in [0.29, 0.717) is 6.42 Å². The maximum atomic E-state index is 13.8. The summed E-state index contributed by atoms with van der Waals surface area (Å²) in [4.78, 5) is 25.4. The summed E-state index contributed by atoms with van der Waals surface area (Å²) in [6.07, 6.45) is 0.304. The summed E-state index contributed by atoms with van der Waals surface area (Å²) in [5.74, 6) is -0.867. The number of rotatable bonds is 7. The average Bonchev–Trinajstić information content (AvgIpc) is 2.76. The number of para-hydroxylation sites is 1. The van der Waals surface area contributed by atoms with Gasteiger partial charge in [0.1, 0.15) is 11.9 Å². The van der Waals surface area contributed by atoms with Gasteiger partial charge in [-0.3, -0.25) is 4.79 Å². The van der Waals surface area contributed by atoms with Crippen LogP contribution in [0.4, 0.5) is 14.9 Å². The Morgan fingerprint density at radius 2 is 1.43 bits per heavy atom. The molecule has 2 unspecified atom stereocenters. The summed E-state index contributed by atoms with van der Waals surface area (Å²) < 4.78 is 13.8. The molecule has 0 aliphatic rings. The number of nitrogens with one attached hydrogen (secondary N) is 3. The van der Waals surface area contributed by atoms with E-state index in [-0.39, 0.29) is 17.6 Å². The molecule has 154 valence electrons. The quantitative estimate of drug-likeness (QED) is 0.544. The van der Waals surface area contributed by atoms with Gasteiger partial charge in [-0.05, 0) is 30.2 Å². The van der Waals surface area contributed by atoms with E-state index in [1.54, 1.807) is 6.07 Å². The molecule has 0 radical (unpaired) electrons. The molecule has 30 heavy (non-hydrogen) atoms. The van der Waals surface area contributed by atoms with Crippen LogP contribution in [0.3, 0.4) is 0 Å². The Balaban J connectivity index is 1.71. The molecule has 0 aliphatic heterocycles. The van der Waals surface area contributed by atoms with Crippen molar-refractivity contribution in [1.29, 1.82) is 0 Å². The van der Waals surface area contributed by atoms with Gasteiger partial charge in [-0.2, -0.15) is 0 Å². The summed E-state index contributed by atoms with van der Waals surface area (Å²) in [7, 11) is 0. The molecule has 6 heteroatoms. The third-order valence-electron chi connectivity index (χ3n) is 4.68. The third kappa shape index (κ3) is 5.91. The molecule has 3 N–H and O–H groups in total. The molecule has 0 heterocycles. The molecule has 0 bridgehead atoms. The molecule has 0 fully saturated rings. The van der Waals surface area contributed by atoms with Gasteiger partial charge in [0.15, 0.2) is 0 Å². The maximum Gasteiger partial charge on any atom is 0.319 e. The van der Waals surface area contributed by atoms with Crippen LogP contribution in [0.1, 0.15) is 24.1 Å². The van der Waals surface area contributed by atoms with Crippen LogP contribution in [0.5, 0.6) is 0 Å². The Bertz CT molecular complexity index is 980. The van der Waals surface area contributed by atoms with Gasteiger partial charge in [-0.25, -0.2) is 9.18 Å². The predicted octanol–water partition coefficient (Wildman–Crippen LogP) is 4.44. The Kier molecular flexibility index (Phi) is 7.16. The van der Waals surface area contributed by atoms with E-state index in [9.17, 15) is 14.0 Å². The van der Waals surface area contributed by atoms with Crippen molar-refractivity contribution in [3.05, 3.63) is 102 Å². The molecule has 0 saturated heterocycles. The first-order valence-electron chi connectivity index (χ1n) is 9.74. The Labute approximate surface area is 175 Å². The highest BCUT2D eigenvalue weighted by atomic mass is 19.1. The molecule has 3 rings (SSSR count). The lowest BCUT2D eigenvalue weighted by atomic mass is 10.0. The normalized spacial score (nSPS) is 12.5. The number of hydrogen-bond acceptors (Lipinski definition) is 2. The largest absolute Gasteiger partial charge is 0.348 e. The maximum absolute atomic E-state index is 13.8. The predicted molar refractivity (Wildman–Crippen MR) is 115 cm³/mol. The lowest BCUT2D eigenvalue weighted by Crippen LogP contribution is -2.49. The summed E-state index contributed by atoms with van der Waals surface area (Å²) >= 11 is 0. The first-order chi connectivity index (χ1) is 14.5. The molecule has 0 spiro atoms. The number of anilines is 1. The second-order valence-corrected chi connectivity index (χ2v) is 6.96. The lowest BCUT2D eigenvalue weighted by molar-refractivity contribution is -0.123. The van der Waals surface area contributed by atoms with Crippen LogP contribution in [0.15, 0.2) is 84.9 Å². The van der Waals surface area contributed by atoms with Crippen LogP contribution >= 0.6 is 0 Å². The molecule has 3 aromatic carbocycles. The summed E-state index contributed by atoms with van der Waals surface area (Å²) in [5.41, 5.74) is 1.91. The Morgan fingerprint density at radius 1 is 0.833 bits per heavy atom. The molecule has 0 aromatic heterocycles. The second-order valence-electron chi connectivity index (χ2n) is 6.96. The highest BCUT2D eigenvalue weighted by molar-refractivity contribution is 5.94. The van der Waals surface area contributed by atoms with Gasteiger partial charge in [0.25, 0.3) is 0 Å².